The SMILES string of the molecule is CCCOCC(C)OCC(C)OC(C)=O. The van der Waals surface area contributed by atoms with Gasteiger partial charge in [0.05, 0.1) is 19.3 Å². The molecule has 0 aliphatic heterocycles. The van der Waals surface area contributed by atoms with E-state index in [1.165, 1.54) is 6.92 Å². The van der Waals surface area contributed by atoms with Gasteiger partial charge in [0.2, 0.25) is 0 Å². The third-order valence-corrected chi connectivity index (χ3v) is 1.68. The van der Waals surface area contributed by atoms with Crippen LogP contribution in [0.25, 0.3) is 0 Å². The first-order valence-corrected chi connectivity index (χ1v) is 5.42. The highest BCUT2D eigenvalue weighted by Gasteiger charge is 2.08. The molecule has 0 saturated carbocycles. The van der Waals surface area contributed by atoms with E-state index < -0.39 is 0 Å². The van der Waals surface area contributed by atoms with Crippen molar-refractivity contribution in [3.05, 3.63) is 0 Å². The maximum Gasteiger partial charge on any atom is 0.302 e. The Morgan fingerprint density at radius 3 is 2.40 bits per heavy atom. The fourth-order valence-electron chi connectivity index (χ4n) is 1.06. The van der Waals surface area contributed by atoms with Gasteiger partial charge in [0.1, 0.15) is 6.10 Å². The molecule has 0 radical (unpaired) electrons. The molecule has 2 atom stereocenters. The Morgan fingerprint density at radius 2 is 1.87 bits per heavy atom. The molecule has 0 aromatic rings. The van der Waals surface area contributed by atoms with Crippen LogP contribution in [0, 0.1) is 0 Å². The van der Waals surface area contributed by atoms with Crippen molar-refractivity contribution in [1.82, 2.24) is 0 Å². The predicted octanol–water partition coefficient (Wildman–Crippen LogP) is 1.77. The molecular formula is C11H22O4. The fourth-order valence-corrected chi connectivity index (χ4v) is 1.06. The fraction of sp³-hybridized carbons (Fsp3) is 0.909. The first-order valence-electron chi connectivity index (χ1n) is 5.42. The van der Waals surface area contributed by atoms with E-state index in [1.807, 2.05) is 6.92 Å². The van der Waals surface area contributed by atoms with Crippen molar-refractivity contribution >= 4 is 5.97 Å². The smallest absolute Gasteiger partial charge is 0.302 e. The molecule has 0 rings (SSSR count). The number of esters is 1. The summed E-state index contributed by atoms with van der Waals surface area (Å²) in [5, 5.41) is 0. The first kappa shape index (κ1) is 14.4. The topological polar surface area (TPSA) is 44.8 Å². The normalized spacial score (nSPS) is 14.7. The lowest BCUT2D eigenvalue weighted by atomic mass is 10.4. The average Bonchev–Trinajstić information content (AvgIpc) is 2.14. The van der Waals surface area contributed by atoms with Gasteiger partial charge < -0.3 is 14.2 Å². The van der Waals surface area contributed by atoms with Gasteiger partial charge in [0, 0.05) is 13.5 Å². The van der Waals surface area contributed by atoms with Crippen LogP contribution in [0.3, 0.4) is 0 Å². The molecule has 0 spiro atoms. The molecule has 90 valence electrons. The average molecular weight is 218 g/mol. The zero-order chi connectivity index (χ0) is 11.7. The summed E-state index contributed by atoms with van der Waals surface area (Å²) in [5.41, 5.74) is 0. The van der Waals surface area contributed by atoms with Gasteiger partial charge in [-0.05, 0) is 20.3 Å². The lowest BCUT2D eigenvalue weighted by Gasteiger charge is -2.17. The van der Waals surface area contributed by atoms with E-state index in [1.54, 1.807) is 6.92 Å². The summed E-state index contributed by atoms with van der Waals surface area (Å²) in [5.74, 6) is -0.277. The minimum Gasteiger partial charge on any atom is -0.460 e. The second kappa shape index (κ2) is 8.68. The van der Waals surface area contributed by atoms with Crippen molar-refractivity contribution < 1.29 is 19.0 Å². The Balaban J connectivity index is 3.43. The molecule has 0 fully saturated rings. The van der Waals surface area contributed by atoms with Crippen LogP contribution in [0.2, 0.25) is 0 Å². The van der Waals surface area contributed by atoms with Crippen molar-refractivity contribution in [2.24, 2.45) is 0 Å². The molecule has 0 aromatic heterocycles. The third-order valence-electron chi connectivity index (χ3n) is 1.68. The van der Waals surface area contributed by atoms with Crippen LogP contribution < -0.4 is 0 Å². The number of carbonyl (C=O) groups is 1. The number of carbonyl (C=O) groups excluding carboxylic acids is 1. The molecule has 0 aliphatic rings. The summed E-state index contributed by atoms with van der Waals surface area (Å²) in [6, 6.07) is 0. The van der Waals surface area contributed by atoms with Crippen molar-refractivity contribution in [1.29, 1.82) is 0 Å². The van der Waals surface area contributed by atoms with Gasteiger partial charge in [-0.1, -0.05) is 6.92 Å². The van der Waals surface area contributed by atoms with Crippen LogP contribution in [0.15, 0.2) is 0 Å². The molecule has 0 aromatic carbocycles. The van der Waals surface area contributed by atoms with Gasteiger partial charge >= 0.3 is 5.97 Å². The van der Waals surface area contributed by atoms with Gasteiger partial charge in [-0.25, -0.2) is 0 Å². The van der Waals surface area contributed by atoms with E-state index in [0.717, 1.165) is 13.0 Å². The number of hydrogen-bond acceptors (Lipinski definition) is 4. The minimum absolute atomic E-state index is 0.0366. The molecule has 0 aliphatic carbocycles. The monoisotopic (exact) mass is 218 g/mol. The molecular weight excluding hydrogens is 196 g/mol. The van der Waals surface area contributed by atoms with Gasteiger partial charge in [0.25, 0.3) is 0 Å². The summed E-state index contributed by atoms with van der Waals surface area (Å²) in [6.45, 7) is 8.96. The lowest BCUT2D eigenvalue weighted by molar-refractivity contribution is -0.149. The first-order chi connectivity index (χ1) is 7.06. The summed E-state index contributed by atoms with van der Waals surface area (Å²) in [6.07, 6.45) is 0.849. The van der Waals surface area contributed by atoms with E-state index in [4.69, 9.17) is 14.2 Å². The largest absolute Gasteiger partial charge is 0.460 e. The highest BCUT2D eigenvalue weighted by atomic mass is 16.6. The van der Waals surface area contributed by atoms with E-state index in [2.05, 4.69) is 6.92 Å². The molecule has 15 heavy (non-hydrogen) atoms. The zero-order valence-electron chi connectivity index (χ0n) is 10.1. The molecule has 4 heteroatoms. The Bertz CT molecular complexity index is 170. The van der Waals surface area contributed by atoms with Crippen molar-refractivity contribution in [2.75, 3.05) is 19.8 Å². The van der Waals surface area contributed by atoms with Crippen LogP contribution in [0.1, 0.15) is 34.1 Å². The van der Waals surface area contributed by atoms with Crippen molar-refractivity contribution in [2.45, 2.75) is 46.3 Å². The number of ether oxygens (including phenoxy) is 3. The van der Waals surface area contributed by atoms with Gasteiger partial charge in [-0.2, -0.15) is 0 Å². The minimum atomic E-state index is -0.277. The Hall–Kier alpha value is -0.610. The maximum atomic E-state index is 10.6. The van der Waals surface area contributed by atoms with E-state index >= 15 is 0 Å². The Morgan fingerprint density at radius 1 is 1.20 bits per heavy atom. The van der Waals surface area contributed by atoms with Crippen molar-refractivity contribution in [3.63, 3.8) is 0 Å². The van der Waals surface area contributed by atoms with Crippen LogP contribution in [-0.4, -0.2) is 38.0 Å². The summed E-state index contributed by atoms with van der Waals surface area (Å²) >= 11 is 0. The third kappa shape index (κ3) is 9.69. The summed E-state index contributed by atoms with van der Waals surface area (Å²) in [7, 11) is 0. The highest BCUT2D eigenvalue weighted by Crippen LogP contribution is 1.98. The standard InChI is InChI=1S/C11H22O4/c1-5-6-13-7-9(2)14-8-10(3)15-11(4)12/h9-10H,5-8H2,1-4H3. The number of rotatable bonds is 8. The van der Waals surface area contributed by atoms with E-state index in [-0.39, 0.29) is 18.2 Å². The van der Waals surface area contributed by atoms with Gasteiger partial charge in [-0.3, -0.25) is 4.79 Å². The van der Waals surface area contributed by atoms with E-state index in [9.17, 15) is 4.79 Å². The molecule has 4 nitrogen and oxygen atoms in total. The molecule has 0 N–H and O–H groups in total. The van der Waals surface area contributed by atoms with Crippen molar-refractivity contribution in [3.8, 4) is 0 Å². The lowest BCUT2D eigenvalue weighted by Crippen LogP contribution is -2.24. The Labute approximate surface area is 91.9 Å². The molecule has 0 heterocycles. The number of hydrogen-bond donors (Lipinski definition) is 0. The second-order valence-electron chi connectivity index (χ2n) is 3.64. The van der Waals surface area contributed by atoms with Crippen LogP contribution in [0.5, 0.6) is 0 Å². The predicted molar refractivity (Wildman–Crippen MR) is 57.8 cm³/mol. The quantitative estimate of drug-likeness (QED) is 0.460. The van der Waals surface area contributed by atoms with Gasteiger partial charge in [0.15, 0.2) is 0 Å². The highest BCUT2D eigenvalue weighted by molar-refractivity contribution is 5.66. The second-order valence-corrected chi connectivity index (χ2v) is 3.64. The molecule has 2 unspecified atom stereocenters. The molecule has 0 saturated heterocycles. The molecule has 0 amide bonds. The maximum absolute atomic E-state index is 10.6. The van der Waals surface area contributed by atoms with Gasteiger partial charge in [-0.15, -0.1) is 0 Å². The van der Waals surface area contributed by atoms with Crippen LogP contribution >= 0.6 is 0 Å². The Kier molecular flexibility index (Phi) is 8.33. The molecule has 0 bridgehead atoms. The summed E-state index contributed by atoms with van der Waals surface area (Å²) < 4.78 is 15.7. The van der Waals surface area contributed by atoms with E-state index in [0.29, 0.717) is 13.2 Å². The van der Waals surface area contributed by atoms with Crippen LogP contribution in [0.4, 0.5) is 0 Å². The summed E-state index contributed by atoms with van der Waals surface area (Å²) in [4.78, 5) is 10.6. The van der Waals surface area contributed by atoms with Crippen LogP contribution in [-0.2, 0) is 19.0 Å². The zero-order valence-corrected chi connectivity index (χ0v) is 10.1.